The summed E-state index contributed by atoms with van der Waals surface area (Å²) in [5.74, 6) is 2.69. The van der Waals surface area contributed by atoms with Gasteiger partial charge in [0, 0.05) is 12.7 Å². The Morgan fingerprint density at radius 3 is 2.86 bits per heavy atom. The van der Waals surface area contributed by atoms with E-state index < -0.39 is 0 Å². The molecule has 0 spiro atoms. The fourth-order valence-corrected chi connectivity index (χ4v) is 1.06. The summed E-state index contributed by atoms with van der Waals surface area (Å²) in [4.78, 5) is 4.28. The minimum Gasteiger partial charge on any atom is -0.296 e. The number of hydrogen-bond acceptors (Lipinski definition) is 2. The summed E-state index contributed by atoms with van der Waals surface area (Å²) in [6.07, 6.45) is 7.17. The number of pyridine rings is 1. The van der Waals surface area contributed by atoms with Crippen molar-refractivity contribution >= 4 is 0 Å². The lowest BCUT2D eigenvalue weighted by atomic mass is 10.1. The van der Waals surface area contributed by atoms with Gasteiger partial charge in [0.05, 0.1) is 11.2 Å². The summed E-state index contributed by atoms with van der Waals surface area (Å²) in [5.41, 5.74) is 1.97. The van der Waals surface area contributed by atoms with Crippen LogP contribution in [0.15, 0.2) is 18.3 Å². The molecule has 2 nitrogen and oxygen atoms in total. The predicted molar refractivity (Wildman–Crippen MR) is 58.7 cm³/mol. The normalized spacial score (nSPS) is 11.0. The lowest BCUT2D eigenvalue weighted by Crippen LogP contribution is -2.37. The summed E-state index contributed by atoms with van der Waals surface area (Å²) in [6, 6.07) is 3.98. The number of rotatable bonds is 3. The van der Waals surface area contributed by atoms with Crippen LogP contribution in [0.25, 0.3) is 0 Å². The first-order valence-electron chi connectivity index (χ1n) is 4.68. The largest absolute Gasteiger partial charge is 0.296 e. The Kier molecular flexibility index (Phi) is 3.27. The second-order valence-electron chi connectivity index (χ2n) is 3.89. The van der Waals surface area contributed by atoms with Crippen LogP contribution >= 0.6 is 0 Å². The van der Waals surface area contributed by atoms with Crippen molar-refractivity contribution < 1.29 is 0 Å². The smallest absolute Gasteiger partial charge is 0.0744 e. The van der Waals surface area contributed by atoms with E-state index in [4.69, 9.17) is 6.42 Å². The van der Waals surface area contributed by atoms with E-state index in [1.807, 2.05) is 32.9 Å². The second-order valence-corrected chi connectivity index (χ2v) is 3.89. The quantitative estimate of drug-likeness (QED) is 0.733. The Labute approximate surface area is 85.8 Å². The average molecular weight is 188 g/mol. The third-order valence-electron chi connectivity index (χ3n) is 2.18. The molecule has 0 amide bonds. The molecule has 0 fully saturated rings. The van der Waals surface area contributed by atoms with Gasteiger partial charge in [0.1, 0.15) is 0 Å². The van der Waals surface area contributed by atoms with Crippen LogP contribution in [-0.2, 0) is 6.54 Å². The van der Waals surface area contributed by atoms with E-state index in [1.165, 1.54) is 5.56 Å². The Bertz CT molecular complexity index is 348. The summed E-state index contributed by atoms with van der Waals surface area (Å²) in [6.45, 7) is 6.72. The summed E-state index contributed by atoms with van der Waals surface area (Å²) < 4.78 is 0. The minimum absolute atomic E-state index is 0.274. The molecular formula is C12H16N2. The molecule has 0 aromatic carbocycles. The fraction of sp³-hybridized carbons (Fsp3) is 0.417. The van der Waals surface area contributed by atoms with E-state index in [2.05, 4.69) is 16.2 Å². The van der Waals surface area contributed by atoms with Gasteiger partial charge in [0.15, 0.2) is 0 Å². The number of nitrogens with one attached hydrogen (secondary N) is 1. The molecular weight excluding hydrogens is 172 g/mol. The standard InChI is InChI=1S/C12H16N2/c1-5-12(3,4)14-9-11-10(2)7-6-8-13-11/h1,6-8,14H,9H2,2-4H3. The average Bonchev–Trinajstić information content (AvgIpc) is 2.17. The topological polar surface area (TPSA) is 24.9 Å². The molecule has 14 heavy (non-hydrogen) atoms. The van der Waals surface area contributed by atoms with Gasteiger partial charge in [-0.2, -0.15) is 0 Å². The molecule has 1 N–H and O–H groups in total. The zero-order valence-corrected chi connectivity index (χ0v) is 8.96. The maximum Gasteiger partial charge on any atom is 0.0744 e. The van der Waals surface area contributed by atoms with Gasteiger partial charge in [-0.15, -0.1) is 6.42 Å². The molecule has 0 aliphatic carbocycles. The van der Waals surface area contributed by atoms with E-state index in [9.17, 15) is 0 Å². The van der Waals surface area contributed by atoms with Crippen molar-refractivity contribution in [3.63, 3.8) is 0 Å². The van der Waals surface area contributed by atoms with Crippen LogP contribution in [-0.4, -0.2) is 10.5 Å². The summed E-state index contributed by atoms with van der Waals surface area (Å²) in [7, 11) is 0. The molecule has 1 aromatic heterocycles. The van der Waals surface area contributed by atoms with Crippen molar-refractivity contribution in [1.82, 2.24) is 10.3 Å². The van der Waals surface area contributed by atoms with Crippen LogP contribution in [0.5, 0.6) is 0 Å². The third kappa shape index (κ3) is 2.86. The van der Waals surface area contributed by atoms with Crippen LogP contribution in [0, 0.1) is 19.3 Å². The first-order chi connectivity index (χ1) is 6.55. The molecule has 0 bridgehead atoms. The van der Waals surface area contributed by atoms with Gasteiger partial charge < -0.3 is 0 Å². The zero-order valence-electron chi connectivity index (χ0n) is 8.96. The number of hydrogen-bond donors (Lipinski definition) is 1. The van der Waals surface area contributed by atoms with Crippen LogP contribution < -0.4 is 5.32 Å². The maximum absolute atomic E-state index is 5.38. The molecule has 1 heterocycles. The Morgan fingerprint density at radius 2 is 2.29 bits per heavy atom. The molecule has 0 atom stereocenters. The SMILES string of the molecule is C#CC(C)(C)NCc1ncccc1C. The molecule has 0 unspecified atom stereocenters. The van der Waals surface area contributed by atoms with Crippen molar-refractivity contribution in [2.75, 3.05) is 0 Å². The zero-order chi connectivity index (χ0) is 10.6. The third-order valence-corrected chi connectivity index (χ3v) is 2.18. The van der Waals surface area contributed by atoms with E-state index in [0.717, 1.165) is 5.69 Å². The van der Waals surface area contributed by atoms with Gasteiger partial charge in [-0.25, -0.2) is 0 Å². The lowest BCUT2D eigenvalue weighted by molar-refractivity contribution is 0.485. The highest BCUT2D eigenvalue weighted by atomic mass is 15.0. The fourth-order valence-electron chi connectivity index (χ4n) is 1.06. The van der Waals surface area contributed by atoms with Crippen molar-refractivity contribution in [2.45, 2.75) is 32.9 Å². The molecule has 74 valence electrons. The Morgan fingerprint density at radius 1 is 1.57 bits per heavy atom. The van der Waals surface area contributed by atoms with E-state index in [-0.39, 0.29) is 5.54 Å². The van der Waals surface area contributed by atoms with Crippen LogP contribution in [0.3, 0.4) is 0 Å². The van der Waals surface area contributed by atoms with Gasteiger partial charge in [-0.3, -0.25) is 10.3 Å². The van der Waals surface area contributed by atoms with Crippen LogP contribution in [0.2, 0.25) is 0 Å². The number of aryl methyl sites for hydroxylation is 1. The summed E-state index contributed by atoms with van der Waals surface area (Å²) in [5, 5.41) is 3.27. The predicted octanol–water partition coefficient (Wildman–Crippen LogP) is 1.89. The van der Waals surface area contributed by atoms with Crippen molar-refractivity contribution in [3.05, 3.63) is 29.6 Å². The van der Waals surface area contributed by atoms with Gasteiger partial charge >= 0.3 is 0 Å². The van der Waals surface area contributed by atoms with Crippen LogP contribution in [0.4, 0.5) is 0 Å². The van der Waals surface area contributed by atoms with Gasteiger partial charge in [0.2, 0.25) is 0 Å². The molecule has 0 aliphatic rings. The molecule has 1 aromatic rings. The van der Waals surface area contributed by atoms with Crippen molar-refractivity contribution in [2.24, 2.45) is 0 Å². The van der Waals surface area contributed by atoms with E-state index in [1.54, 1.807) is 6.20 Å². The second kappa shape index (κ2) is 4.26. The van der Waals surface area contributed by atoms with Gasteiger partial charge in [-0.05, 0) is 32.4 Å². The highest BCUT2D eigenvalue weighted by Crippen LogP contribution is 2.05. The Hall–Kier alpha value is -1.33. The lowest BCUT2D eigenvalue weighted by Gasteiger charge is -2.19. The first-order valence-corrected chi connectivity index (χ1v) is 4.68. The first kappa shape index (κ1) is 10.7. The van der Waals surface area contributed by atoms with Crippen molar-refractivity contribution in [1.29, 1.82) is 0 Å². The van der Waals surface area contributed by atoms with Crippen molar-refractivity contribution in [3.8, 4) is 12.3 Å². The molecule has 0 saturated carbocycles. The highest BCUT2D eigenvalue weighted by Gasteiger charge is 2.12. The molecule has 0 saturated heterocycles. The molecule has 0 aliphatic heterocycles. The minimum atomic E-state index is -0.274. The van der Waals surface area contributed by atoms with E-state index >= 15 is 0 Å². The van der Waals surface area contributed by atoms with Crippen LogP contribution in [0.1, 0.15) is 25.1 Å². The molecule has 1 rings (SSSR count). The highest BCUT2D eigenvalue weighted by molar-refractivity contribution is 5.18. The maximum atomic E-state index is 5.38. The Balaban J connectivity index is 2.64. The molecule has 2 heteroatoms. The van der Waals surface area contributed by atoms with E-state index in [0.29, 0.717) is 6.54 Å². The number of aromatic nitrogens is 1. The number of nitrogens with zero attached hydrogens (tertiary/aromatic N) is 1. The van der Waals surface area contributed by atoms with Gasteiger partial charge in [0.25, 0.3) is 0 Å². The number of terminal acetylenes is 1. The monoisotopic (exact) mass is 188 g/mol. The summed E-state index contributed by atoms with van der Waals surface area (Å²) >= 11 is 0. The molecule has 0 radical (unpaired) electrons. The van der Waals surface area contributed by atoms with Gasteiger partial charge in [-0.1, -0.05) is 12.0 Å².